The van der Waals surface area contributed by atoms with Crippen LogP contribution in [0.3, 0.4) is 0 Å². The molecule has 1 saturated heterocycles. The maximum absolute atomic E-state index is 6.59. The average Bonchev–Trinajstić information content (AvgIpc) is 3.38. The topological polar surface area (TPSA) is 70.7 Å². The van der Waals surface area contributed by atoms with Gasteiger partial charge in [-0.15, -0.1) is 5.10 Å². The minimum Gasteiger partial charge on any atom is -0.376 e. The Morgan fingerprint density at radius 2 is 2.15 bits per heavy atom. The molecule has 9 heteroatoms. The number of aromatic nitrogens is 6. The molecule has 26 heavy (non-hydrogen) atoms. The predicted octanol–water partition coefficient (Wildman–Crippen LogP) is 3.29. The minimum absolute atomic E-state index is 0.198. The highest BCUT2D eigenvalue weighted by atomic mass is 35.5. The van der Waals surface area contributed by atoms with E-state index in [0.29, 0.717) is 17.5 Å². The number of hydrogen-bond donors (Lipinski definition) is 0. The van der Waals surface area contributed by atoms with E-state index in [2.05, 4.69) is 20.6 Å². The Morgan fingerprint density at radius 3 is 2.92 bits per heavy atom. The zero-order valence-corrected chi connectivity index (χ0v) is 15.9. The van der Waals surface area contributed by atoms with Crippen molar-refractivity contribution in [2.45, 2.75) is 43.3 Å². The van der Waals surface area contributed by atoms with Crippen LogP contribution in [0.25, 0.3) is 5.69 Å². The monoisotopic (exact) mass is 390 g/mol. The second-order valence-corrected chi connectivity index (χ2v) is 7.47. The molecule has 1 unspecified atom stereocenters. The van der Waals surface area contributed by atoms with Gasteiger partial charge >= 0.3 is 0 Å². The number of hydrogen-bond acceptors (Lipinski definition) is 6. The lowest BCUT2D eigenvalue weighted by Gasteiger charge is -2.10. The highest BCUT2D eigenvalue weighted by Gasteiger charge is 2.20. The molecule has 1 aliphatic rings. The molecule has 0 radical (unpaired) electrons. The van der Waals surface area contributed by atoms with Gasteiger partial charge in [-0.1, -0.05) is 41.6 Å². The van der Waals surface area contributed by atoms with Crippen molar-refractivity contribution in [1.82, 2.24) is 30.0 Å². The predicted molar refractivity (Wildman–Crippen MR) is 99.7 cm³/mol. The Hall–Kier alpha value is -1.90. The van der Waals surface area contributed by atoms with Crippen molar-refractivity contribution < 1.29 is 4.74 Å². The van der Waals surface area contributed by atoms with Crippen LogP contribution in [0, 0.1) is 6.92 Å². The Kier molecular flexibility index (Phi) is 5.23. The van der Waals surface area contributed by atoms with Gasteiger partial charge in [0.05, 0.1) is 24.0 Å². The van der Waals surface area contributed by atoms with E-state index in [0.717, 1.165) is 41.5 Å². The van der Waals surface area contributed by atoms with E-state index < -0.39 is 0 Å². The van der Waals surface area contributed by atoms with Crippen LogP contribution >= 0.6 is 23.4 Å². The molecule has 3 aromatic rings. The third kappa shape index (κ3) is 3.62. The highest BCUT2D eigenvalue weighted by Crippen LogP contribution is 2.29. The molecular formula is C17H19ClN6OS. The molecule has 0 spiro atoms. The van der Waals surface area contributed by atoms with E-state index >= 15 is 0 Å². The number of halogens is 1. The second kappa shape index (κ2) is 7.77. The van der Waals surface area contributed by atoms with E-state index in [4.69, 9.17) is 16.3 Å². The first kappa shape index (κ1) is 17.5. The van der Waals surface area contributed by atoms with Crippen molar-refractivity contribution in [2.75, 3.05) is 6.61 Å². The Balaban J connectivity index is 1.49. The first-order valence-corrected chi connectivity index (χ1v) is 9.88. The normalized spacial score (nSPS) is 17.1. The fraction of sp³-hybridized carbons (Fsp3) is 0.412. The molecule has 1 fully saturated rings. The molecule has 136 valence electrons. The van der Waals surface area contributed by atoms with Gasteiger partial charge in [0.15, 0.2) is 0 Å². The number of tetrazole rings is 1. The smallest absolute Gasteiger partial charge is 0.209 e. The van der Waals surface area contributed by atoms with E-state index in [9.17, 15) is 0 Å². The molecule has 4 rings (SSSR count). The van der Waals surface area contributed by atoms with Crippen molar-refractivity contribution >= 4 is 23.4 Å². The molecule has 1 aliphatic heterocycles. The van der Waals surface area contributed by atoms with Crippen LogP contribution in [-0.4, -0.2) is 42.7 Å². The van der Waals surface area contributed by atoms with Gasteiger partial charge in [-0.3, -0.25) is 0 Å². The SMILES string of the molecule is Cc1nn(-c2ccccc2)c(Cl)c1CSc1nnnn1CC1CCCO1. The molecule has 1 aromatic carbocycles. The van der Waals surface area contributed by atoms with Gasteiger partial charge in [-0.25, -0.2) is 9.36 Å². The van der Waals surface area contributed by atoms with Gasteiger partial charge in [0.25, 0.3) is 0 Å². The summed E-state index contributed by atoms with van der Waals surface area (Å²) in [6, 6.07) is 9.87. The van der Waals surface area contributed by atoms with Gasteiger partial charge in [0, 0.05) is 17.9 Å². The van der Waals surface area contributed by atoms with Crippen molar-refractivity contribution in [3.63, 3.8) is 0 Å². The van der Waals surface area contributed by atoms with Gasteiger partial charge in [-0.05, 0) is 42.3 Å². The molecule has 2 aromatic heterocycles. The minimum atomic E-state index is 0.198. The Bertz CT molecular complexity index is 875. The number of thioether (sulfide) groups is 1. The number of nitrogens with zero attached hydrogens (tertiary/aromatic N) is 6. The zero-order chi connectivity index (χ0) is 17.9. The highest BCUT2D eigenvalue weighted by molar-refractivity contribution is 7.98. The standard InChI is InChI=1S/C17H19ClN6OS/c1-12-15(16(18)24(20-12)13-6-3-2-4-7-13)11-26-17-19-21-22-23(17)10-14-8-5-9-25-14/h2-4,6-7,14H,5,8-11H2,1H3. The Labute approximate surface area is 160 Å². The van der Waals surface area contributed by atoms with Gasteiger partial charge < -0.3 is 4.74 Å². The second-order valence-electron chi connectivity index (χ2n) is 6.17. The largest absolute Gasteiger partial charge is 0.376 e. The van der Waals surface area contributed by atoms with Crippen LogP contribution in [0.5, 0.6) is 0 Å². The molecule has 3 heterocycles. The van der Waals surface area contributed by atoms with Crippen LogP contribution < -0.4 is 0 Å². The third-order valence-electron chi connectivity index (χ3n) is 4.37. The summed E-state index contributed by atoms with van der Waals surface area (Å²) in [5.41, 5.74) is 2.84. The lowest BCUT2D eigenvalue weighted by molar-refractivity contribution is 0.0912. The van der Waals surface area contributed by atoms with Crippen LogP contribution in [0.15, 0.2) is 35.5 Å². The third-order valence-corrected chi connectivity index (χ3v) is 5.74. The fourth-order valence-electron chi connectivity index (χ4n) is 2.97. The summed E-state index contributed by atoms with van der Waals surface area (Å²) in [7, 11) is 0. The lowest BCUT2D eigenvalue weighted by atomic mass is 10.2. The first-order valence-electron chi connectivity index (χ1n) is 8.52. The summed E-state index contributed by atoms with van der Waals surface area (Å²) in [5.74, 6) is 0.656. The van der Waals surface area contributed by atoms with Gasteiger partial charge in [0.2, 0.25) is 5.16 Å². The van der Waals surface area contributed by atoms with Gasteiger partial charge in [-0.2, -0.15) is 5.10 Å². The number of rotatable bonds is 6. The van der Waals surface area contributed by atoms with Crippen LogP contribution in [0.4, 0.5) is 0 Å². The van der Waals surface area contributed by atoms with E-state index in [1.54, 1.807) is 16.4 Å². The summed E-state index contributed by atoms with van der Waals surface area (Å²) in [5, 5.41) is 18.0. The average molecular weight is 391 g/mol. The zero-order valence-electron chi connectivity index (χ0n) is 14.4. The molecule has 0 saturated carbocycles. The summed E-state index contributed by atoms with van der Waals surface area (Å²) in [6.07, 6.45) is 2.35. The molecule has 0 amide bonds. The summed E-state index contributed by atoms with van der Waals surface area (Å²) < 4.78 is 9.25. The quantitative estimate of drug-likeness (QED) is 0.601. The fourth-order valence-corrected chi connectivity index (χ4v) is 4.36. The number of aryl methyl sites for hydroxylation is 1. The van der Waals surface area contributed by atoms with Crippen LogP contribution in [-0.2, 0) is 17.0 Å². The number of benzene rings is 1. The molecular weight excluding hydrogens is 372 g/mol. The van der Waals surface area contributed by atoms with Crippen molar-refractivity contribution in [2.24, 2.45) is 0 Å². The molecule has 1 atom stereocenters. The summed E-state index contributed by atoms with van der Waals surface area (Å²) >= 11 is 8.15. The maximum atomic E-state index is 6.59. The molecule has 7 nitrogen and oxygen atoms in total. The van der Waals surface area contributed by atoms with Crippen molar-refractivity contribution in [1.29, 1.82) is 0 Å². The summed E-state index contributed by atoms with van der Waals surface area (Å²) in [4.78, 5) is 0. The molecule has 0 bridgehead atoms. The van der Waals surface area contributed by atoms with E-state index in [1.165, 1.54) is 0 Å². The lowest BCUT2D eigenvalue weighted by Crippen LogP contribution is -2.16. The molecule has 0 aliphatic carbocycles. The number of para-hydroxylation sites is 1. The van der Waals surface area contributed by atoms with E-state index in [-0.39, 0.29) is 6.10 Å². The first-order chi connectivity index (χ1) is 12.7. The van der Waals surface area contributed by atoms with Crippen molar-refractivity contribution in [3.05, 3.63) is 46.7 Å². The number of ether oxygens (including phenoxy) is 1. The van der Waals surface area contributed by atoms with Crippen LogP contribution in [0.2, 0.25) is 5.15 Å². The Morgan fingerprint density at radius 1 is 1.31 bits per heavy atom. The summed E-state index contributed by atoms with van der Waals surface area (Å²) in [6.45, 7) is 3.48. The maximum Gasteiger partial charge on any atom is 0.209 e. The molecule has 0 N–H and O–H groups in total. The van der Waals surface area contributed by atoms with Crippen LogP contribution in [0.1, 0.15) is 24.1 Å². The van der Waals surface area contributed by atoms with Gasteiger partial charge in [0.1, 0.15) is 5.15 Å². The van der Waals surface area contributed by atoms with Crippen molar-refractivity contribution in [3.8, 4) is 5.69 Å². The van der Waals surface area contributed by atoms with E-state index in [1.807, 2.05) is 41.9 Å².